The number of aromatic nitrogens is 4. The van der Waals surface area contributed by atoms with Gasteiger partial charge in [0.15, 0.2) is 16.4 Å². The number of nitrogens with one attached hydrogen (secondary N) is 1. The van der Waals surface area contributed by atoms with Crippen molar-refractivity contribution in [2.75, 3.05) is 6.26 Å². The second kappa shape index (κ2) is 8.17. The third kappa shape index (κ3) is 3.80. The lowest BCUT2D eigenvalue weighted by Crippen LogP contribution is -2.14. The molecule has 0 unspecified atom stereocenters. The summed E-state index contributed by atoms with van der Waals surface area (Å²) in [5, 5.41) is 9.06. The first-order valence-corrected chi connectivity index (χ1v) is 9.05. The van der Waals surface area contributed by atoms with E-state index in [4.69, 9.17) is 0 Å². The Morgan fingerprint density at radius 1 is 1.18 bits per heavy atom. The number of aromatic amines is 1. The number of pyridine rings is 1. The number of thioether (sulfide) groups is 1. The summed E-state index contributed by atoms with van der Waals surface area (Å²) in [5.74, 6) is 0.624. The van der Waals surface area contributed by atoms with Crippen LogP contribution in [0.2, 0.25) is 0 Å². The van der Waals surface area contributed by atoms with Gasteiger partial charge in [-0.3, -0.25) is 4.79 Å². The highest BCUT2D eigenvalue weighted by atomic mass is 32.2. The van der Waals surface area contributed by atoms with Gasteiger partial charge in [0.05, 0.1) is 5.56 Å². The minimum Gasteiger partial charge on any atom is -0.366 e. The topological polar surface area (TPSA) is 63.6 Å². The summed E-state index contributed by atoms with van der Waals surface area (Å²) in [6.07, 6.45) is 12.3. The van der Waals surface area contributed by atoms with Gasteiger partial charge in [0, 0.05) is 25.0 Å². The van der Waals surface area contributed by atoms with E-state index >= 15 is 0 Å². The molecule has 0 aliphatic carbocycles. The fraction of sp³-hybridized carbons (Fsp3) is 0.562. The molecule has 0 bridgehead atoms. The summed E-state index contributed by atoms with van der Waals surface area (Å²) in [5.41, 5.74) is 1.50. The van der Waals surface area contributed by atoms with Crippen LogP contribution in [-0.4, -0.2) is 26.0 Å². The Morgan fingerprint density at radius 2 is 1.95 bits per heavy atom. The summed E-state index contributed by atoms with van der Waals surface area (Å²) in [6.45, 7) is 2.21. The Balaban J connectivity index is 2.15. The second-order valence-corrected chi connectivity index (χ2v) is 6.23. The fourth-order valence-electron chi connectivity index (χ4n) is 2.53. The van der Waals surface area contributed by atoms with E-state index < -0.39 is 0 Å². The molecule has 0 aliphatic rings. The van der Waals surface area contributed by atoms with Crippen molar-refractivity contribution >= 4 is 11.8 Å². The molecule has 0 radical (unpaired) electrons. The van der Waals surface area contributed by atoms with Crippen molar-refractivity contribution in [3.8, 4) is 11.4 Å². The second-order valence-electron chi connectivity index (χ2n) is 5.46. The predicted octanol–water partition coefficient (Wildman–Crippen LogP) is 3.41. The molecule has 120 valence electrons. The molecule has 2 aromatic rings. The summed E-state index contributed by atoms with van der Waals surface area (Å²) in [7, 11) is 1.89. The SMILES string of the molecule is CCCCCCCc1c[nH]cc(-c2nnc(SC)n2C)c1=O. The van der Waals surface area contributed by atoms with E-state index in [1.54, 1.807) is 6.20 Å². The molecular weight excluding hydrogens is 296 g/mol. The van der Waals surface area contributed by atoms with Crippen LogP contribution in [0, 0.1) is 0 Å². The lowest BCUT2D eigenvalue weighted by Gasteiger charge is -2.05. The molecule has 1 N–H and O–H groups in total. The van der Waals surface area contributed by atoms with Gasteiger partial charge >= 0.3 is 0 Å². The highest BCUT2D eigenvalue weighted by molar-refractivity contribution is 7.98. The van der Waals surface area contributed by atoms with E-state index in [1.807, 2.05) is 24.1 Å². The summed E-state index contributed by atoms with van der Waals surface area (Å²) < 4.78 is 1.86. The average Bonchev–Trinajstić information content (AvgIpc) is 2.89. The Hall–Kier alpha value is -1.56. The monoisotopic (exact) mass is 320 g/mol. The smallest absolute Gasteiger partial charge is 0.195 e. The maximum absolute atomic E-state index is 12.6. The van der Waals surface area contributed by atoms with Crippen LogP contribution in [0.4, 0.5) is 0 Å². The summed E-state index contributed by atoms with van der Waals surface area (Å²) in [6, 6.07) is 0. The number of hydrogen-bond acceptors (Lipinski definition) is 4. The Labute approximate surface area is 135 Å². The standard InChI is InChI=1S/C16H24N4OS/c1-4-5-6-7-8-9-12-10-17-11-13(14(12)21)15-18-19-16(22-3)20(15)2/h10-11H,4-9H2,1-3H3,(H,17,21). The van der Waals surface area contributed by atoms with Crippen molar-refractivity contribution in [3.05, 3.63) is 28.2 Å². The molecule has 5 nitrogen and oxygen atoms in total. The number of rotatable bonds is 8. The molecule has 2 rings (SSSR count). The number of nitrogens with zero attached hydrogens (tertiary/aromatic N) is 3. The van der Waals surface area contributed by atoms with E-state index in [0.29, 0.717) is 11.4 Å². The van der Waals surface area contributed by atoms with Crippen LogP contribution in [0.1, 0.15) is 44.6 Å². The first kappa shape index (κ1) is 16.8. The fourth-order valence-corrected chi connectivity index (χ4v) is 3.01. The van der Waals surface area contributed by atoms with Gasteiger partial charge in [0.1, 0.15) is 0 Å². The maximum atomic E-state index is 12.6. The van der Waals surface area contributed by atoms with Gasteiger partial charge in [0.25, 0.3) is 0 Å². The van der Waals surface area contributed by atoms with E-state index in [1.165, 1.54) is 37.4 Å². The van der Waals surface area contributed by atoms with Gasteiger partial charge in [0.2, 0.25) is 0 Å². The molecule has 0 spiro atoms. The van der Waals surface area contributed by atoms with Gasteiger partial charge in [-0.05, 0) is 19.1 Å². The molecule has 22 heavy (non-hydrogen) atoms. The Morgan fingerprint density at radius 3 is 2.64 bits per heavy atom. The van der Waals surface area contributed by atoms with Crippen LogP contribution in [0.3, 0.4) is 0 Å². The molecule has 0 aromatic carbocycles. The number of aryl methyl sites for hydroxylation is 1. The Bertz CT molecular complexity index is 662. The minimum atomic E-state index is 0.0670. The van der Waals surface area contributed by atoms with Gasteiger partial charge < -0.3 is 9.55 Å². The van der Waals surface area contributed by atoms with Crippen LogP contribution < -0.4 is 5.43 Å². The lowest BCUT2D eigenvalue weighted by atomic mass is 10.0. The summed E-state index contributed by atoms with van der Waals surface area (Å²) >= 11 is 1.52. The third-order valence-corrected chi connectivity index (χ3v) is 4.55. The number of H-pyrrole nitrogens is 1. The quantitative estimate of drug-likeness (QED) is 0.598. The maximum Gasteiger partial charge on any atom is 0.195 e. The van der Waals surface area contributed by atoms with Crippen molar-refractivity contribution in [2.45, 2.75) is 50.6 Å². The van der Waals surface area contributed by atoms with Gasteiger partial charge in [-0.1, -0.05) is 44.4 Å². The van der Waals surface area contributed by atoms with E-state index in [-0.39, 0.29) is 5.43 Å². The summed E-state index contributed by atoms with van der Waals surface area (Å²) in [4.78, 5) is 15.7. The highest BCUT2D eigenvalue weighted by Crippen LogP contribution is 2.18. The normalized spacial score (nSPS) is 11.0. The zero-order chi connectivity index (χ0) is 15.9. The lowest BCUT2D eigenvalue weighted by molar-refractivity contribution is 0.631. The molecule has 0 fully saturated rings. The molecular formula is C16H24N4OS. The molecule has 2 aromatic heterocycles. The van der Waals surface area contributed by atoms with Crippen LogP contribution in [0.15, 0.2) is 22.3 Å². The van der Waals surface area contributed by atoms with Crippen LogP contribution in [-0.2, 0) is 13.5 Å². The van der Waals surface area contributed by atoms with Crippen molar-refractivity contribution in [1.82, 2.24) is 19.7 Å². The molecule has 6 heteroatoms. The largest absolute Gasteiger partial charge is 0.366 e. The van der Waals surface area contributed by atoms with Crippen molar-refractivity contribution in [3.63, 3.8) is 0 Å². The van der Waals surface area contributed by atoms with Gasteiger partial charge in [-0.25, -0.2) is 0 Å². The van der Waals surface area contributed by atoms with Crippen molar-refractivity contribution in [1.29, 1.82) is 0 Å². The minimum absolute atomic E-state index is 0.0670. The van der Waals surface area contributed by atoms with Gasteiger partial charge in [-0.2, -0.15) is 0 Å². The molecule has 0 atom stereocenters. The zero-order valence-corrected chi connectivity index (χ0v) is 14.4. The molecule has 2 heterocycles. The van der Waals surface area contributed by atoms with Crippen LogP contribution in [0.25, 0.3) is 11.4 Å². The molecule has 0 aliphatic heterocycles. The van der Waals surface area contributed by atoms with Crippen LogP contribution in [0.5, 0.6) is 0 Å². The Kier molecular flexibility index (Phi) is 6.24. The van der Waals surface area contributed by atoms with Gasteiger partial charge in [-0.15, -0.1) is 10.2 Å². The highest BCUT2D eigenvalue weighted by Gasteiger charge is 2.14. The van der Waals surface area contributed by atoms with Crippen LogP contribution >= 0.6 is 11.8 Å². The third-order valence-electron chi connectivity index (χ3n) is 3.83. The van der Waals surface area contributed by atoms with Crippen molar-refractivity contribution < 1.29 is 0 Å². The molecule has 0 amide bonds. The number of unbranched alkanes of at least 4 members (excludes halogenated alkanes) is 4. The van der Waals surface area contributed by atoms with Crippen molar-refractivity contribution in [2.24, 2.45) is 7.05 Å². The first-order chi connectivity index (χ1) is 10.7. The first-order valence-electron chi connectivity index (χ1n) is 7.82. The van der Waals surface area contributed by atoms with E-state index in [2.05, 4.69) is 22.1 Å². The van der Waals surface area contributed by atoms with E-state index in [9.17, 15) is 4.79 Å². The number of hydrogen-bond donors (Lipinski definition) is 1. The van der Waals surface area contributed by atoms with E-state index in [0.717, 1.165) is 23.6 Å². The molecule has 0 saturated carbocycles. The molecule has 0 saturated heterocycles. The zero-order valence-electron chi connectivity index (χ0n) is 13.6. The predicted molar refractivity (Wildman–Crippen MR) is 91.3 cm³/mol. The average molecular weight is 320 g/mol.